The molecule has 20 heavy (non-hydrogen) atoms. The second kappa shape index (κ2) is 8.55. The highest BCUT2D eigenvalue weighted by Crippen LogP contribution is 2.18. The third kappa shape index (κ3) is 6.04. The van der Waals surface area contributed by atoms with Crippen molar-refractivity contribution in [3.63, 3.8) is 0 Å². The van der Waals surface area contributed by atoms with Gasteiger partial charge in [0.1, 0.15) is 12.4 Å². The predicted molar refractivity (Wildman–Crippen MR) is 77.4 cm³/mol. The number of nitrogens with zero attached hydrogens (tertiary/aromatic N) is 1. The van der Waals surface area contributed by atoms with Gasteiger partial charge in [-0.25, -0.2) is 0 Å². The lowest BCUT2D eigenvalue weighted by molar-refractivity contribution is -0.138. The summed E-state index contributed by atoms with van der Waals surface area (Å²) in [5, 5.41) is 8.86. The molecule has 1 aromatic rings. The number of benzene rings is 1. The average Bonchev–Trinajstić information content (AvgIpc) is 2.39. The summed E-state index contributed by atoms with van der Waals surface area (Å²) < 4.78 is 10.7. The van der Waals surface area contributed by atoms with Gasteiger partial charge in [0, 0.05) is 20.2 Å². The van der Waals surface area contributed by atoms with Crippen molar-refractivity contribution in [1.29, 1.82) is 0 Å². The van der Waals surface area contributed by atoms with Crippen LogP contribution in [0.2, 0.25) is 0 Å². The molecule has 0 heterocycles. The van der Waals surface area contributed by atoms with Crippen molar-refractivity contribution >= 4 is 5.97 Å². The fourth-order valence-corrected chi connectivity index (χ4v) is 1.83. The van der Waals surface area contributed by atoms with Gasteiger partial charge in [-0.2, -0.15) is 0 Å². The third-order valence-electron chi connectivity index (χ3n) is 2.98. The van der Waals surface area contributed by atoms with Crippen LogP contribution in [-0.4, -0.2) is 55.9 Å². The largest absolute Gasteiger partial charge is 0.492 e. The number of methoxy groups -OCH3 is 1. The summed E-state index contributed by atoms with van der Waals surface area (Å²) in [5.74, 6) is 0.0138. The van der Waals surface area contributed by atoms with Crippen LogP contribution in [0.15, 0.2) is 18.2 Å². The summed E-state index contributed by atoms with van der Waals surface area (Å²) >= 11 is 0. The van der Waals surface area contributed by atoms with Gasteiger partial charge in [-0.15, -0.1) is 0 Å². The van der Waals surface area contributed by atoms with Crippen LogP contribution in [0.5, 0.6) is 5.75 Å². The first-order valence-electron chi connectivity index (χ1n) is 6.66. The number of aliphatic carboxylic acids is 1. The Morgan fingerprint density at radius 1 is 1.25 bits per heavy atom. The Hall–Kier alpha value is -1.59. The Morgan fingerprint density at radius 3 is 2.60 bits per heavy atom. The number of aryl methyl sites for hydroxylation is 2. The Morgan fingerprint density at radius 2 is 1.95 bits per heavy atom. The third-order valence-corrected chi connectivity index (χ3v) is 2.98. The molecular formula is C15H23NO4. The number of hydrogen-bond acceptors (Lipinski definition) is 4. The maximum absolute atomic E-state index is 10.8. The van der Waals surface area contributed by atoms with Gasteiger partial charge in [0.25, 0.3) is 0 Å². The lowest BCUT2D eigenvalue weighted by atomic mass is 10.1. The molecule has 112 valence electrons. The minimum Gasteiger partial charge on any atom is -0.492 e. The Kier molecular flexibility index (Phi) is 7.04. The Balaban J connectivity index is 2.46. The predicted octanol–water partition coefficient (Wildman–Crippen LogP) is 1.72. The van der Waals surface area contributed by atoms with Crippen LogP contribution in [0.4, 0.5) is 0 Å². The fourth-order valence-electron chi connectivity index (χ4n) is 1.83. The normalized spacial score (nSPS) is 10.8. The van der Waals surface area contributed by atoms with Crippen molar-refractivity contribution < 1.29 is 19.4 Å². The molecule has 0 aromatic heterocycles. The quantitative estimate of drug-likeness (QED) is 0.747. The maximum Gasteiger partial charge on any atom is 0.317 e. The van der Waals surface area contributed by atoms with Crippen LogP contribution in [0, 0.1) is 13.8 Å². The number of hydrogen-bond donors (Lipinski definition) is 1. The topological polar surface area (TPSA) is 59.0 Å². The summed E-state index contributed by atoms with van der Waals surface area (Å²) in [7, 11) is 1.60. The van der Waals surface area contributed by atoms with Crippen molar-refractivity contribution in [3.05, 3.63) is 29.3 Å². The first kappa shape index (κ1) is 16.5. The minimum atomic E-state index is -0.840. The van der Waals surface area contributed by atoms with E-state index in [1.54, 1.807) is 12.0 Å². The second-order valence-corrected chi connectivity index (χ2v) is 4.78. The van der Waals surface area contributed by atoms with Gasteiger partial charge in [-0.3, -0.25) is 9.69 Å². The zero-order valence-electron chi connectivity index (χ0n) is 12.4. The SMILES string of the molecule is COCCN(CCOc1cc(C)ccc1C)CC(=O)O. The molecule has 5 nitrogen and oxygen atoms in total. The molecule has 0 saturated carbocycles. The molecule has 5 heteroatoms. The van der Waals surface area contributed by atoms with Gasteiger partial charge in [0.2, 0.25) is 0 Å². The van der Waals surface area contributed by atoms with Gasteiger partial charge >= 0.3 is 5.97 Å². The average molecular weight is 281 g/mol. The van der Waals surface area contributed by atoms with Crippen LogP contribution in [0.25, 0.3) is 0 Å². The van der Waals surface area contributed by atoms with E-state index in [0.29, 0.717) is 26.3 Å². The van der Waals surface area contributed by atoms with E-state index in [1.165, 1.54) is 0 Å². The Bertz CT molecular complexity index is 434. The van der Waals surface area contributed by atoms with Crippen LogP contribution in [0.3, 0.4) is 0 Å². The lowest BCUT2D eigenvalue weighted by Crippen LogP contribution is -2.35. The van der Waals surface area contributed by atoms with Crippen molar-refractivity contribution in [2.24, 2.45) is 0 Å². The van der Waals surface area contributed by atoms with Crippen molar-refractivity contribution in [1.82, 2.24) is 4.90 Å². The van der Waals surface area contributed by atoms with Gasteiger partial charge < -0.3 is 14.6 Å². The van der Waals surface area contributed by atoms with E-state index in [0.717, 1.165) is 16.9 Å². The summed E-state index contributed by atoms with van der Waals surface area (Å²) in [5.41, 5.74) is 2.23. The molecule has 0 unspecified atom stereocenters. The molecule has 0 radical (unpaired) electrons. The van der Waals surface area contributed by atoms with Crippen LogP contribution in [-0.2, 0) is 9.53 Å². The van der Waals surface area contributed by atoms with E-state index in [9.17, 15) is 4.79 Å². The smallest absolute Gasteiger partial charge is 0.317 e. The zero-order chi connectivity index (χ0) is 15.0. The Labute approximate surface area is 120 Å². The minimum absolute atomic E-state index is 0.000477. The number of carbonyl (C=O) groups is 1. The molecule has 0 bridgehead atoms. The molecule has 0 amide bonds. The molecular weight excluding hydrogens is 258 g/mol. The molecule has 1 N–H and O–H groups in total. The van der Waals surface area contributed by atoms with Crippen LogP contribution in [0.1, 0.15) is 11.1 Å². The zero-order valence-corrected chi connectivity index (χ0v) is 12.4. The lowest BCUT2D eigenvalue weighted by Gasteiger charge is -2.20. The van der Waals surface area contributed by atoms with Crippen molar-refractivity contribution in [2.45, 2.75) is 13.8 Å². The van der Waals surface area contributed by atoms with E-state index in [-0.39, 0.29) is 6.54 Å². The van der Waals surface area contributed by atoms with Crippen LogP contribution >= 0.6 is 0 Å². The van der Waals surface area contributed by atoms with Gasteiger partial charge in [0.15, 0.2) is 0 Å². The van der Waals surface area contributed by atoms with E-state index < -0.39 is 5.97 Å². The number of carboxylic acids is 1. The van der Waals surface area contributed by atoms with E-state index >= 15 is 0 Å². The highest BCUT2D eigenvalue weighted by molar-refractivity contribution is 5.69. The first-order chi connectivity index (χ1) is 9.52. The highest BCUT2D eigenvalue weighted by atomic mass is 16.5. The standard InChI is InChI=1S/C15H23NO4/c1-12-4-5-13(2)14(10-12)20-9-7-16(6-8-19-3)11-15(17)18/h4-5,10H,6-9,11H2,1-3H3,(H,17,18). The molecule has 0 saturated heterocycles. The number of ether oxygens (including phenoxy) is 2. The summed E-state index contributed by atoms with van der Waals surface area (Å²) in [6.07, 6.45) is 0. The molecule has 0 aliphatic heterocycles. The molecule has 0 aliphatic carbocycles. The van der Waals surface area contributed by atoms with Gasteiger partial charge in [0.05, 0.1) is 13.2 Å². The summed E-state index contributed by atoms with van der Waals surface area (Å²) in [6.45, 7) is 6.12. The fraction of sp³-hybridized carbons (Fsp3) is 0.533. The van der Waals surface area contributed by atoms with E-state index in [2.05, 4.69) is 0 Å². The van der Waals surface area contributed by atoms with Crippen molar-refractivity contribution in [3.8, 4) is 5.75 Å². The van der Waals surface area contributed by atoms with Gasteiger partial charge in [-0.05, 0) is 31.0 Å². The molecule has 0 fully saturated rings. The monoisotopic (exact) mass is 281 g/mol. The highest BCUT2D eigenvalue weighted by Gasteiger charge is 2.09. The molecule has 1 rings (SSSR count). The summed E-state index contributed by atoms with van der Waals surface area (Å²) in [6, 6.07) is 6.05. The number of rotatable bonds is 9. The van der Waals surface area contributed by atoms with E-state index in [1.807, 2.05) is 32.0 Å². The molecule has 0 aliphatic rings. The summed E-state index contributed by atoms with van der Waals surface area (Å²) in [4.78, 5) is 12.6. The second-order valence-electron chi connectivity index (χ2n) is 4.78. The van der Waals surface area contributed by atoms with Crippen LogP contribution < -0.4 is 4.74 Å². The van der Waals surface area contributed by atoms with Gasteiger partial charge in [-0.1, -0.05) is 12.1 Å². The van der Waals surface area contributed by atoms with Crippen molar-refractivity contribution in [2.75, 3.05) is 40.0 Å². The number of carboxylic acid groups (broad SMARTS) is 1. The first-order valence-corrected chi connectivity index (χ1v) is 6.66. The molecule has 0 atom stereocenters. The maximum atomic E-state index is 10.8. The van der Waals surface area contributed by atoms with E-state index in [4.69, 9.17) is 14.6 Å². The molecule has 0 spiro atoms. The molecule has 1 aromatic carbocycles.